The number of fused-ring (bicyclic) bond motifs is 1. The topological polar surface area (TPSA) is 115 Å². The van der Waals surface area contributed by atoms with Crippen LogP contribution in [0.1, 0.15) is 28.9 Å². The Hall–Kier alpha value is -3.70. The molecular formula is C22H21F2N5O4. The maximum absolute atomic E-state index is 14.8. The largest absolute Gasteiger partial charge is 0.394 e. The van der Waals surface area contributed by atoms with Crippen molar-refractivity contribution in [2.45, 2.75) is 25.6 Å². The van der Waals surface area contributed by atoms with Crippen molar-refractivity contribution in [1.29, 1.82) is 0 Å². The molecule has 33 heavy (non-hydrogen) atoms. The lowest BCUT2D eigenvalue weighted by Crippen LogP contribution is -2.15. The zero-order chi connectivity index (χ0) is 23.2. The highest BCUT2D eigenvalue weighted by molar-refractivity contribution is 6.03. The van der Waals surface area contributed by atoms with E-state index in [1.165, 1.54) is 18.3 Å². The van der Waals surface area contributed by atoms with Crippen molar-refractivity contribution in [2.75, 3.05) is 18.5 Å². The van der Waals surface area contributed by atoms with Crippen LogP contribution >= 0.6 is 0 Å². The Labute approximate surface area is 187 Å². The van der Waals surface area contributed by atoms with Crippen LogP contribution < -0.4 is 5.32 Å². The van der Waals surface area contributed by atoms with E-state index in [4.69, 9.17) is 9.84 Å². The van der Waals surface area contributed by atoms with Crippen LogP contribution in [-0.2, 0) is 11.3 Å². The molecule has 172 valence electrons. The molecule has 0 bridgehead atoms. The third kappa shape index (κ3) is 5.57. The van der Waals surface area contributed by atoms with Crippen LogP contribution in [0.4, 0.5) is 14.5 Å². The molecule has 3 heterocycles. The van der Waals surface area contributed by atoms with Gasteiger partial charge in [0.2, 0.25) is 12.2 Å². The SMILES string of the molecule is FC1CC1.O=C(Nc1cccc(-c2ncon2)c1F)c1cnc2cc(COCCO)ccn12. The lowest BCUT2D eigenvalue weighted by Gasteiger charge is -2.08. The molecule has 1 aliphatic carbocycles. The first kappa shape index (κ1) is 22.5. The van der Waals surface area contributed by atoms with Gasteiger partial charge in [0.25, 0.3) is 5.91 Å². The highest BCUT2D eigenvalue weighted by atomic mass is 19.1. The number of benzene rings is 1. The molecule has 0 spiro atoms. The Morgan fingerprint density at radius 2 is 2.12 bits per heavy atom. The number of imidazole rings is 1. The van der Waals surface area contributed by atoms with Crippen LogP contribution in [-0.4, -0.2) is 49.9 Å². The summed E-state index contributed by atoms with van der Waals surface area (Å²) in [7, 11) is 0. The summed E-state index contributed by atoms with van der Waals surface area (Å²) >= 11 is 0. The second-order valence-electron chi connectivity index (χ2n) is 7.23. The van der Waals surface area contributed by atoms with Crippen LogP contribution in [0.5, 0.6) is 0 Å². The summed E-state index contributed by atoms with van der Waals surface area (Å²) in [6.45, 7) is 0.502. The number of halogens is 2. The van der Waals surface area contributed by atoms with Crippen molar-refractivity contribution in [1.82, 2.24) is 19.5 Å². The van der Waals surface area contributed by atoms with Gasteiger partial charge in [-0.15, -0.1) is 0 Å². The summed E-state index contributed by atoms with van der Waals surface area (Å²) in [5.74, 6) is -1.10. The van der Waals surface area contributed by atoms with Crippen molar-refractivity contribution in [3.05, 3.63) is 66.2 Å². The number of pyridine rings is 1. The minimum Gasteiger partial charge on any atom is -0.394 e. The third-order valence-electron chi connectivity index (χ3n) is 4.67. The Morgan fingerprint density at radius 1 is 1.30 bits per heavy atom. The zero-order valence-corrected chi connectivity index (χ0v) is 17.4. The van der Waals surface area contributed by atoms with Gasteiger partial charge >= 0.3 is 0 Å². The van der Waals surface area contributed by atoms with E-state index < -0.39 is 17.9 Å². The van der Waals surface area contributed by atoms with Crippen LogP contribution in [0.15, 0.2) is 53.6 Å². The fraction of sp³-hybridized carbons (Fsp3) is 0.273. The summed E-state index contributed by atoms with van der Waals surface area (Å²) in [5, 5.41) is 14.9. The van der Waals surface area contributed by atoms with Crippen LogP contribution in [0, 0.1) is 5.82 Å². The molecule has 5 rings (SSSR count). The molecule has 1 saturated carbocycles. The molecule has 3 aromatic heterocycles. The lowest BCUT2D eigenvalue weighted by atomic mass is 10.1. The number of rotatable bonds is 7. The van der Waals surface area contributed by atoms with E-state index in [1.54, 1.807) is 28.8 Å². The molecule has 1 amide bonds. The number of aromatic nitrogens is 4. The van der Waals surface area contributed by atoms with E-state index in [0.717, 1.165) is 24.8 Å². The van der Waals surface area contributed by atoms with Crippen LogP contribution in [0.25, 0.3) is 17.0 Å². The molecule has 1 fully saturated rings. The van der Waals surface area contributed by atoms with E-state index in [-0.39, 0.29) is 36.0 Å². The summed E-state index contributed by atoms with van der Waals surface area (Å²) in [4.78, 5) is 20.7. The molecule has 0 unspecified atom stereocenters. The molecule has 4 aromatic rings. The number of aliphatic hydroxyl groups is 1. The fourth-order valence-corrected chi connectivity index (χ4v) is 2.87. The monoisotopic (exact) mass is 457 g/mol. The molecule has 0 aliphatic heterocycles. The number of aliphatic hydroxyl groups excluding tert-OH is 1. The second-order valence-corrected chi connectivity index (χ2v) is 7.23. The van der Waals surface area contributed by atoms with E-state index in [0.29, 0.717) is 12.3 Å². The normalized spacial score (nSPS) is 12.9. The van der Waals surface area contributed by atoms with Crippen molar-refractivity contribution < 1.29 is 27.9 Å². The molecule has 1 aromatic carbocycles. The number of carbonyl (C=O) groups is 1. The van der Waals surface area contributed by atoms with Crippen molar-refractivity contribution in [3.63, 3.8) is 0 Å². The summed E-state index contributed by atoms with van der Waals surface area (Å²) < 4.78 is 37.4. The third-order valence-corrected chi connectivity index (χ3v) is 4.67. The van der Waals surface area contributed by atoms with Crippen molar-refractivity contribution in [3.8, 4) is 11.4 Å². The van der Waals surface area contributed by atoms with Gasteiger partial charge in [0.1, 0.15) is 17.5 Å². The van der Waals surface area contributed by atoms with Gasteiger partial charge in [0, 0.05) is 6.20 Å². The number of hydrogen-bond acceptors (Lipinski definition) is 7. The first-order valence-corrected chi connectivity index (χ1v) is 10.2. The summed E-state index contributed by atoms with van der Waals surface area (Å²) in [6.07, 6.45) is 5.41. The predicted molar refractivity (Wildman–Crippen MR) is 114 cm³/mol. The number of hydrogen-bond donors (Lipinski definition) is 2. The number of carbonyl (C=O) groups excluding carboxylic acids is 1. The van der Waals surface area contributed by atoms with Gasteiger partial charge in [-0.25, -0.2) is 13.8 Å². The van der Waals surface area contributed by atoms with Gasteiger partial charge < -0.3 is 19.7 Å². The molecule has 0 atom stereocenters. The first-order chi connectivity index (χ1) is 16.1. The van der Waals surface area contributed by atoms with Gasteiger partial charge in [-0.2, -0.15) is 4.98 Å². The van der Waals surface area contributed by atoms with Gasteiger partial charge in [-0.3, -0.25) is 9.20 Å². The fourth-order valence-electron chi connectivity index (χ4n) is 2.87. The average molecular weight is 457 g/mol. The molecule has 0 radical (unpaired) electrons. The van der Waals surface area contributed by atoms with Crippen molar-refractivity contribution in [2.24, 2.45) is 0 Å². The number of alkyl halides is 1. The number of nitrogens with one attached hydrogen (secondary N) is 1. The van der Waals surface area contributed by atoms with E-state index in [1.807, 2.05) is 0 Å². The molecule has 2 N–H and O–H groups in total. The number of ether oxygens (including phenoxy) is 1. The lowest BCUT2D eigenvalue weighted by molar-refractivity contribution is 0.0815. The molecule has 0 saturated heterocycles. The summed E-state index contributed by atoms with van der Waals surface area (Å²) in [6, 6.07) is 8.06. The Kier molecular flexibility index (Phi) is 7.01. The van der Waals surface area contributed by atoms with Gasteiger partial charge in [0.15, 0.2) is 5.82 Å². The predicted octanol–water partition coefficient (Wildman–Crippen LogP) is 3.40. The Bertz CT molecular complexity index is 1220. The maximum Gasteiger partial charge on any atom is 0.274 e. The molecule has 11 heteroatoms. The van der Waals surface area contributed by atoms with E-state index >= 15 is 0 Å². The zero-order valence-electron chi connectivity index (χ0n) is 17.4. The Balaban J connectivity index is 0.000000586. The quantitative estimate of drug-likeness (QED) is 0.409. The minimum absolute atomic E-state index is 0.0127. The Morgan fingerprint density at radius 3 is 2.82 bits per heavy atom. The highest BCUT2D eigenvalue weighted by Gasteiger charge is 2.19. The average Bonchev–Trinajstić information content (AvgIpc) is 3.27. The van der Waals surface area contributed by atoms with Crippen LogP contribution in [0.3, 0.4) is 0 Å². The van der Waals surface area contributed by atoms with Crippen LogP contribution in [0.2, 0.25) is 0 Å². The maximum atomic E-state index is 14.8. The smallest absolute Gasteiger partial charge is 0.274 e. The molecule has 9 nitrogen and oxygen atoms in total. The molecular weight excluding hydrogens is 436 g/mol. The molecule has 1 aliphatic rings. The highest BCUT2D eigenvalue weighted by Crippen LogP contribution is 2.25. The standard InChI is InChI=1S/C19H16FN5O4.C3H5F/c20-17-13(18-22-11-29-24-18)2-1-3-14(17)23-19(27)15-9-21-16-8-12(4-5-25(15)16)10-28-7-6-26;4-3-1-2-3/h1-5,8-9,11,26H,6-7,10H2,(H,23,27);3H,1-2H2. The first-order valence-electron chi connectivity index (χ1n) is 10.2. The van der Waals surface area contributed by atoms with Gasteiger partial charge in [-0.1, -0.05) is 11.2 Å². The number of anilines is 1. The van der Waals surface area contributed by atoms with Crippen molar-refractivity contribution >= 4 is 17.2 Å². The second kappa shape index (κ2) is 10.3. The minimum atomic E-state index is -0.667. The number of amides is 1. The summed E-state index contributed by atoms with van der Waals surface area (Å²) in [5.41, 5.74) is 1.74. The number of nitrogens with zero attached hydrogens (tertiary/aromatic N) is 4. The van der Waals surface area contributed by atoms with E-state index in [2.05, 4.69) is 25.0 Å². The van der Waals surface area contributed by atoms with E-state index in [9.17, 15) is 13.6 Å². The van der Waals surface area contributed by atoms with Gasteiger partial charge in [-0.05, 0) is 42.7 Å². The van der Waals surface area contributed by atoms with Gasteiger partial charge in [0.05, 0.1) is 37.3 Å².